The van der Waals surface area contributed by atoms with Crippen LogP contribution in [0.2, 0.25) is 0 Å². The average Bonchev–Trinajstić information content (AvgIpc) is 3.28. The first kappa shape index (κ1) is 16.3. The molecular weight excluding hydrogens is 354 g/mol. The number of rotatable bonds is 3. The monoisotopic (exact) mass is 381 g/mol. The molecule has 2 saturated heterocycles. The Kier molecular flexibility index (Phi) is 3.09. The van der Waals surface area contributed by atoms with Crippen LogP contribution in [0.4, 0.5) is 0 Å². The van der Waals surface area contributed by atoms with E-state index in [2.05, 4.69) is 23.1 Å². The first-order valence-corrected chi connectivity index (χ1v) is 10.8. The van der Waals surface area contributed by atoms with E-state index >= 15 is 0 Å². The molecule has 28 heavy (non-hydrogen) atoms. The van der Waals surface area contributed by atoms with Gasteiger partial charge >= 0.3 is 0 Å². The molecule has 0 amide bonds. The van der Waals surface area contributed by atoms with Gasteiger partial charge < -0.3 is 18.9 Å². The van der Waals surface area contributed by atoms with Crippen LogP contribution >= 0.6 is 0 Å². The molecule has 5 nitrogen and oxygen atoms in total. The molecule has 1 saturated carbocycles. The van der Waals surface area contributed by atoms with Crippen LogP contribution in [-0.2, 0) is 21.3 Å². The summed E-state index contributed by atoms with van der Waals surface area (Å²) in [7, 11) is 1.74. The van der Waals surface area contributed by atoms with E-state index in [9.17, 15) is 0 Å². The van der Waals surface area contributed by atoms with Crippen LogP contribution in [0.5, 0.6) is 11.5 Å². The van der Waals surface area contributed by atoms with E-state index in [-0.39, 0.29) is 11.5 Å². The van der Waals surface area contributed by atoms with Crippen LogP contribution in [0.1, 0.15) is 36.8 Å². The molecular formula is C23H27NO4. The van der Waals surface area contributed by atoms with Crippen molar-refractivity contribution in [1.82, 2.24) is 4.90 Å². The average molecular weight is 381 g/mol. The first-order chi connectivity index (χ1) is 13.7. The van der Waals surface area contributed by atoms with Gasteiger partial charge in [-0.2, -0.15) is 0 Å². The lowest BCUT2D eigenvalue weighted by molar-refractivity contribution is -0.226. The van der Waals surface area contributed by atoms with E-state index in [4.69, 9.17) is 18.9 Å². The molecule has 5 heteroatoms. The van der Waals surface area contributed by atoms with Crippen LogP contribution < -0.4 is 9.47 Å². The van der Waals surface area contributed by atoms with Crippen molar-refractivity contribution in [2.75, 3.05) is 33.4 Å². The minimum Gasteiger partial charge on any atom is -0.493 e. The number of ether oxygens (including phenoxy) is 4. The molecule has 3 aliphatic heterocycles. The van der Waals surface area contributed by atoms with Gasteiger partial charge in [-0.25, -0.2) is 0 Å². The molecule has 3 heterocycles. The van der Waals surface area contributed by atoms with Gasteiger partial charge in [-0.3, -0.25) is 4.90 Å². The molecule has 2 spiro atoms. The van der Waals surface area contributed by atoms with Crippen molar-refractivity contribution >= 4 is 0 Å². The highest BCUT2D eigenvalue weighted by Crippen LogP contribution is 2.65. The second kappa shape index (κ2) is 5.32. The Hall–Kier alpha value is -1.56. The van der Waals surface area contributed by atoms with Gasteiger partial charge in [-0.1, -0.05) is 12.1 Å². The van der Waals surface area contributed by atoms with Crippen LogP contribution in [0.3, 0.4) is 0 Å². The normalized spacial score (nSPS) is 36.8. The quantitative estimate of drug-likeness (QED) is 0.753. The minimum absolute atomic E-state index is 0.113. The summed E-state index contributed by atoms with van der Waals surface area (Å²) in [5.74, 6) is 2.04. The zero-order valence-electron chi connectivity index (χ0n) is 16.4. The summed E-state index contributed by atoms with van der Waals surface area (Å²) < 4.78 is 24.9. The SMILES string of the molecule is COc1ccc2c3c1OC1C4(CC=C5[C@@H](C2)N(CC2CC2)CC[C@]531)OCCO4. The molecule has 0 aromatic heterocycles. The van der Waals surface area contributed by atoms with Crippen LogP contribution in [0, 0.1) is 5.92 Å². The lowest BCUT2D eigenvalue weighted by Crippen LogP contribution is -2.66. The number of fused-ring (bicyclic) bond motifs is 1. The van der Waals surface area contributed by atoms with E-state index in [1.807, 2.05) is 0 Å². The Morgan fingerprint density at radius 3 is 2.86 bits per heavy atom. The molecule has 0 radical (unpaired) electrons. The fourth-order valence-corrected chi connectivity index (χ4v) is 6.74. The minimum atomic E-state index is -0.647. The maximum Gasteiger partial charge on any atom is 0.210 e. The van der Waals surface area contributed by atoms with Crippen molar-refractivity contribution in [3.8, 4) is 11.5 Å². The van der Waals surface area contributed by atoms with E-state index in [0.717, 1.165) is 43.2 Å². The van der Waals surface area contributed by atoms with Gasteiger partial charge in [0.25, 0.3) is 0 Å². The lowest BCUT2D eigenvalue weighted by atomic mass is 9.55. The zero-order valence-corrected chi connectivity index (χ0v) is 16.4. The maximum atomic E-state index is 6.73. The second-order valence-electron chi connectivity index (χ2n) is 9.38. The van der Waals surface area contributed by atoms with Crippen molar-refractivity contribution in [2.45, 2.75) is 55.5 Å². The highest BCUT2D eigenvalue weighted by atomic mass is 16.8. The van der Waals surface area contributed by atoms with Crippen molar-refractivity contribution in [1.29, 1.82) is 0 Å². The number of methoxy groups -OCH3 is 1. The smallest absolute Gasteiger partial charge is 0.210 e. The number of piperidine rings is 1. The molecule has 6 aliphatic rings. The van der Waals surface area contributed by atoms with Gasteiger partial charge in [0.15, 0.2) is 17.6 Å². The maximum absolute atomic E-state index is 6.73. The predicted octanol–water partition coefficient (Wildman–Crippen LogP) is 2.81. The van der Waals surface area contributed by atoms with Crippen molar-refractivity contribution < 1.29 is 18.9 Å². The third-order valence-corrected chi connectivity index (χ3v) is 8.05. The fraction of sp³-hybridized carbons (Fsp3) is 0.652. The lowest BCUT2D eigenvalue weighted by Gasteiger charge is -2.57. The van der Waals surface area contributed by atoms with Crippen LogP contribution in [0.25, 0.3) is 0 Å². The van der Waals surface area contributed by atoms with Crippen molar-refractivity contribution in [3.63, 3.8) is 0 Å². The van der Waals surface area contributed by atoms with Crippen LogP contribution in [-0.4, -0.2) is 56.2 Å². The molecule has 3 atom stereocenters. The highest BCUT2D eigenvalue weighted by Gasteiger charge is 2.69. The topological polar surface area (TPSA) is 40.2 Å². The summed E-state index contributed by atoms with van der Waals surface area (Å²) in [6.07, 6.45) is 8.09. The van der Waals surface area contributed by atoms with Gasteiger partial charge in [0, 0.05) is 31.1 Å². The molecule has 1 unspecified atom stereocenters. The summed E-state index contributed by atoms with van der Waals surface area (Å²) in [4.78, 5) is 2.76. The number of hydrogen-bond donors (Lipinski definition) is 0. The molecule has 3 fully saturated rings. The van der Waals surface area contributed by atoms with Crippen LogP contribution in [0.15, 0.2) is 23.8 Å². The van der Waals surface area contributed by atoms with E-state index in [1.54, 1.807) is 12.7 Å². The van der Waals surface area contributed by atoms with Gasteiger partial charge in [-0.15, -0.1) is 0 Å². The summed E-state index contributed by atoms with van der Waals surface area (Å²) >= 11 is 0. The number of likely N-dealkylation sites (tertiary alicyclic amines) is 1. The van der Waals surface area contributed by atoms with Gasteiger partial charge in [0.1, 0.15) is 0 Å². The Labute approximate surface area is 165 Å². The molecule has 148 valence electrons. The summed E-state index contributed by atoms with van der Waals surface area (Å²) in [6, 6.07) is 4.85. The predicted molar refractivity (Wildman–Crippen MR) is 103 cm³/mol. The fourth-order valence-electron chi connectivity index (χ4n) is 6.74. The molecule has 1 aromatic carbocycles. The Morgan fingerprint density at radius 1 is 1.21 bits per heavy atom. The number of hydrogen-bond acceptors (Lipinski definition) is 5. The first-order valence-electron chi connectivity index (χ1n) is 10.8. The Bertz CT molecular complexity index is 885. The van der Waals surface area contributed by atoms with E-state index in [1.165, 1.54) is 30.5 Å². The summed E-state index contributed by atoms with van der Waals surface area (Å²) in [6.45, 7) is 3.68. The van der Waals surface area contributed by atoms with E-state index in [0.29, 0.717) is 19.3 Å². The Morgan fingerprint density at radius 2 is 2.07 bits per heavy atom. The number of benzene rings is 1. The Balaban J connectivity index is 1.44. The zero-order chi connectivity index (χ0) is 18.5. The standard InChI is InChI=1S/C23H27NO4/c1-25-18-5-4-15-12-17-16-6-7-23(26-10-11-27-23)21-22(16,19(15)20(18)28-21)8-9-24(17)13-14-2-3-14/h4-6,14,17,21H,2-3,7-13H2,1H3/t17-,21?,22+/m1/s1. The number of nitrogens with zero attached hydrogens (tertiary/aromatic N) is 1. The second-order valence-corrected chi connectivity index (χ2v) is 9.38. The van der Waals surface area contributed by atoms with Gasteiger partial charge in [-0.05, 0) is 48.8 Å². The summed E-state index contributed by atoms with van der Waals surface area (Å²) in [5.41, 5.74) is 4.23. The largest absolute Gasteiger partial charge is 0.493 e. The molecule has 2 bridgehead atoms. The summed E-state index contributed by atoms with van der Waals surface area (Å²) in [5, 5.41) is 0. The van der Waals surface area contributed by atoms with Gasteiger partial charge in [0.2, 0.25) is 5.79 Å². The third-order valence-electron chi connectivity index (χ3n) is 8.05. The van der Waals surface area contributed by atoms with E-state index < -0.39 is 5.79 Å². The highest BCUT2D eigenvalue weighted by molar-refractivity contribution is 5.66. The van der Waals surface area contributed by atoms with Crippen molar-refractivity contribution in [3.05, 3.63) is 34.9 Å². The molecule has 3 aliphatic carbocycles. The van der Waals surface area contributed by atoms with Crippen molar-refractivity contribution in [2.24, 2.45) is 5.92 Å². The molecule has 7 rings (SSSR count). The third kappa shape index (κ3) is 1.84. The molecule has 1 aromatic rings. The van der Waals surface area contributed by atoms with Gasteiger partial charge in [0.05, 0.1) is 25.7 Å². The molecule has 0 N–H and O–H groups in total.